The lowest BCUT2D eigenvalue weighted by Crippen LogP contribution is -2.33. The molecule has 2 amide bonds. The highest BCUT2D eigenvalue weighted by Crippen LogP contribution is 2.34. The number of halogens is 1. The van der Waals surface area contributed by atoms with Crippen LogP contribution in [0.2, 0.25) is 5.02 Å². The van der Waals surface area contributed by atoms with Gasteiger partial charge in [-0.3, -0.25) is 19.3 Å². The van der Waals surface area contributed by atoms with Crippen molar-refractivity contribution in [2.24, 2.45) is 0 Å². The van der Waals surface area contributed by atoms with Crippen LogP contribution in [0.5, 0.6) is 0 Å². The number of aryl methyl sites for hydroxylation is 1. The summed E-state index contributed by atoms with van der Waals surface area (Å²) in [6.45, 7) is 3.67. The summed E-state index contributed by atoms with van der Waals surface area (Å²) in [7, 11) is 0. The van der Waals surface area contributed by atoms with Crippen molar-refractivity contribution >= 4 is 46.4 Å². The molecular weight excluding hydrogens is 432 g/mol. The quantitative estimate of drug-likeness (QED) is 0.371. The van der Waals surface area contributed by atoms with Gasteiger partial charge in [-0.25, -0.2) is 0 Å². The molecule has 0 N–H and O–H groups in total. The normalized spacial score (nSPS) is 15.2. The zero-order valence-electron chi connectivity index (χ0n) is 17.0. The first-order chi connectivity index (χ1) is 14.8. The Kier molecular flexibility index (Phi) is 5.85. The van der Waals surface area contributed by atoms with Crippen LogP contribution in [0.4, 0.5) is 4.79 Å². The maximum atomic E-state index is 12.9. The fourth-order valence-corrected chi connectivity index (χ4v) is 4.51. The van der Waals surface area contributed by atoms with E-state index in [2.05, 4.69) is 4.57 Å². The first kappa shape index (κ1) is 21.2. The molecule has 0 spiro atoms. The van der Waals surface area contributed by atoms with Crippen molar-refractivity contribution in [2.45, 2.75) is 13.8 Å². The molecule has 5 nitrogen and oxygen atoms in total. The van der Waals surface area contributed by atoms with E-state index >= 15 is 0 Å². The molecule has 156 valence electrons. The van der Waals surface area contributed by atoms with Crippen LogP contribution in [-0.4, -0.2) is 32.9 Å². The molecule has 2 heterocycles. The van der Waals surface area contributed by atoms with Crippen LogP contribution in [0.15, 0.2) is 65.6 Å². The molecule has 0 unspecified atom stereocenters. The van der Waals surface area contributed by atoms with E-state index in [1.54, 1.807) is 30.3 Å². The standard InChI is InChI=1S/C24H19ClN2O3S/c1-15-12-18(16(2)27(15)20-6-4-3-5-7-20)13-22-23(29)26(24(30)31-22)14-21(28)17-8-10-19(25)11-9-17/h3-13H,14H2,1-2H3/b22-13+. The second-order valence-corrected chi connectivity index (χ2v) is 8.62. The molecule has 7 heteroatoms. The second-order valence-electron chi connectivity index (χ2n) is 7.20. The fraction of sp³-hybridized carbons (Fsp3) is 0.125. The summed E-state index contributed by atoms with van der Waals surface area (Å²) in [5, 5.41) is 0.0641. The first-order valence-electron chi connectivity index (χ1n) is 9.63. The molecule has 0 saturated carbocycles. The number of hydrogen-bond donors (Lipinski definition) is 0. The van der Waals surface area contributed by atoms with Gasteiger partial charge < -0.3 is 4.57 Å². The number of ketones is 1. The molecule has 2 aromatic carbocycles. The molecule has 1 aromatic heterocycles. The van der Waals surface area contributed by atoms with Crippen molar-refractivity contribution in [1.82, 2.24) is 9.47 Å². The van der Waals surface area contributed by atoms with Crippen LogP contribution in [0, 0.1) is 13.8 Å². The van der Waals surface area contributed by atoms with E-state index in [1.165, 1.54) is 0 Å². The van der Waals surface area contributed by atoms with Crippen molar-refractivity contribution in [2.75, 3.05) is 6.54 Å². The summed E-state index contributed by atoms with van der Waals surface area (Å²) >= 11 is 6.70. The first-order valence-corrected chi connectivity index (χ1v) is 10.8. The summed E-state index contributed by atoms with van der Waals surface area (Å²) in [5.74, 6) is -0.774. The number of benzene rings is 2. The third-order valence-corrected chi connectivity index (χ3v) is 6.27. The molecule has 1 saturated heterocycles. The van der Waals surface area contributed by atoms with Gasteiger partial charge in [-0.1, -0.05) is 29.8 Å². The maximum Gasteiger partial charge on any atom is 0.293 e. The van der Waals surface area contributed by atoms with E-state index in [9.17, 15) is 14.4 Å². The number of Topliss-reactive ketones (excluding diaryl/α,β-unsaturated/α-hetero) is 1. The van der Waals surface area contributed by atoms with Gasteiger partial charge in [0.15, 0.2) is 5.78 Å². The van der Waals surface area contributed by atoms with Gasteiger partial charge in [0.2, 0.25) is 0 Å². The molecule has 31 heavy (non-hydrogen) atoms. The number of amides is 2. The highest BCUT2D eigenvalue weighted by atomic mass is 35.5. The van der Waals surface area contributed by atoms with E-state index in [0.29, 0.717) is 15.5 Å². The monoisotopic (exact) mass is 450 g/mol. The topological polar surface area (TPSA) is 59.4 Å². The molecule has 1 aliphatic heterocycles. The Hall–Kier alpha value is -3.09. The molecule has 1 aliphatic rings. The summed E-state index contributed by atoms with van der Waals surface area (Å²) in [6, 6.07) is 18.3. The smallest absolute Gasteiger partial charge is 0.293 e. The minimum Gasteiger partial charge on any atom is -0.318 e. The van der Waals surface area contributed by atoms with Crippen LogP contribution in [-0.2, 0) is 4.79 Å². The number of thioether (sulfide) groups is 1. The number of nitrogens with zero attached hydrogens (tertiary/aromatic N) is 2. The van der Waals surface area contributed by atoms with E-state index in [4.69, 9.17) is 11.6 Å². The number of carbonyl (C=O) groups is 3. The zero-order valence-corrected chi connectivity index (χ0v) is 18.5. The van der Waals surface area contributed by atoms with Crippen molar-refractivity contribution < 1.29 is 14.4 Å². The van der Waals surface area contributed by atoms with Crippen LogP contribution in [0.25, 0.3) is 11.8 Å². The Morgan fingerprint density at radius 3 is 2.39 bits per heavy atom. The van der Waals surface area contributed by atoms with Crippen molar-refractivity contribution in [1.29, 1.82) is 0 Å². The zero-order chi connectivity index (χ0) is 22.1. The Labute approximate surface area is 189 Å². The van der Waals surface area contributed by atoms with Crippen LogP contribution in [0.1, 0.15) is 27.3 Å². The predicted molar refractivity (Wildman–Crippen MR) is 124 cm³/mol. The molecule has 3 aromatic rings. The van der Waals surface area contributed by atoms with E-state index in [0.717, 1.165) is 39.3 Å². The molecule has 0 radical (unpaired) electrons. The van der Waals surface area contributed by atoms with Gasteiger partial charge in [0.05, 0.1) is 11.4 Å². The number of rotatable bonds is 5. The second kappa shape index (κ2) is 8.57. The summed E-state index contributed by atoms with van der Waals surface area (Å²) < 4.78 is 2.10. The van der Waals surface area contributed by atoms with Gasteiger partial charge >= 0.3 is 0 Å². The summed E-state index contributed by atoms with van der Waals surface area (Å²) in [6.07, 6.45) is 1.72. The molecule has 0 atom stereocenters. The number of carbonyl (C=O) groups excluding carboxylic acids is 3. The Bertz CT molecular complexity index is 1210. The van der Waals surface area contributed by atoms with Crippen molar-refractivity contribution in [3.8, 4) is 5.69 Å². The van der Waals surface area contributed by atoms with E-state index in [1.807, 2.05) is 50.2 Å². The van der Waals surface area contributed by atoms with Gasteiger partial charge in [-0.2, -0.15) is 0 Å². The van der Waals surface area contributed by atoms with E-state index in [-0.39, 0.29) is 12.3 Å². The predicted octanol–water partition coefficient (Wildman–Crippen LogP) is 5.67. The molecule has 1 fully saturated rings. The molecular formula is C24H19ClN2O3S. The lowest BCUT2D eigenvalue weighted by molar-refractivity contribution is -0.122. The Balaban J connectivity index is 1.58. The largest absolute Gasteiger partial charge is 0.318 e. The van der Waals surface area contributed by atoms with Crippen LogP contribution in [0.3, 0.4) is 0 Å². The average Bonchev–Trinajstić information content (AvgIpc) is 3.18. The molecule has 0 aliphatic carbocycles. The van der Waals surface area contributed by atoms with Gasteiger partial charge in [-0.15, -0.1) is 0 Å². The van der Waals surface area contributed by atoms with Crippen LogP contribution < -0.4 is 0 Å². The molecule has 0 bridgehead atoms. The van der Waals surface area contributed by atoms with Gasteiger partial charge in [-0.05, 0) is 79.7 Å². The number of para-hydroxylation sites is 1. The number of hydrogen-bond acceptors (Lipinski definition) is 4. The SMILES string of the molecule is Cc1cc(/C=C2/SC(=O)N(CC(=O)c3ccc(Cl)cc3)C2=O)c(C)n1-c1ccccc1. The van der Waals surface area contributed by atoms with Gasteiger partial charge in [0, 0.05) is 27.7 Å². The molecule has 4 rings (SSSR count). The lowest BCUT2D eigenvalue weighted by atomic mass is 10.1. The Morgan fingerprint density at radius 1 is 1.03 bits per heavy atom. The third kappa shape index (κ3) is 4.22. The highest BCUT2D eigenvalue weighted by Gasteiger charge is 2.36. The van der Waals surface area contributed by atoms with E-state index < -0.39 is 11.1 Å². The fourth-order valence-electron chi connectivity index (χ4n) is 3.56. The third-order valence-electron chi connectivity index (χ3n) is 5.11. The number of aromatic nitrogens is 1. The van der Waals surface area contributed by atoms with Crippen LogP contribution >= 0.6 is 23.4 Å². The summed E-state index contributed by atoms with van der Waals surface area (Å²) in [4.78, 5) is 39.1. The van der Waals surface area contributed by atoms with Crippen molar-refractivity contribution in [3.63, 3.8) is 0 Å². The highest BCUT2D eigenvalue weighted by molar-refractivity contribution is 8.18. The number of imide groups is 1. The van der Waals surface area contributed by atoms with Gasteiger partial charge in [0.25, 0.3) is 11.1 Å². The minimum atomic E-state index is -0.457. The average molecular weight is 451 g/mol. The lowest BCUT2D eigenvalue weighted by Gasteiger charge is -2.11. The Morgan fingerprint density at radius 2 is 1.71 bits per heavy atom. The summed E-state index contributed by atoms with van der Waals surface area (Å²) in [5.41, 5.74) is 4.27. The minimum absolute atomic E-state index is 0.299. The van der Waals surface area contributed by atoms with Gasteiger partial charge in [0.1, 0.15) is 0 Å². The van der Waals surface area contributed by atoms with Crippen molar-refractivity contribution in [3.05, 3.63) is 93.1 Å². The maximum absolute atomic E-state index is 12.9.